The lowest BCUT2D eigenvalue weighted by atomic mass is 9.88. The first-order valence-electron chi connectivity index (χ1n) is 10.4. The van der Waals surface area contributed by atoms with Gasteiger partial charge in [0.15, 0.2) is 0 Å². The number of hydrogen-bond acceptors (Lipinski definition) is 4. The third-order valence-corrected chi connectivity index (χ3v) is 6.30. The summed E-state index contributed by atoms with van der Waals surface area (Å²) in [6.07, 6.45) is 11.7. The molecule has 0 spiro atoms. The van der Waals surface area contributed by atoms with E-state index < -0.39 is 24.3 Å². The molecule has 5 nitrogen and oxygen atoms in total. The monoisotopic (exact) mass is 380 g/mol. The molecule has 2 rings (SSSR count). The molecule has 2 aliphatic rings. The summed E-state index contributed by atoms with van der Waals surface area (Å²) < 4.78 is 0. The molecule has 0 heterocycles. The summed E-state index contributed by atoms with van der Waals surface area (Å²) in [5.41, 5.74) is 0. The number of unbranched alkanes of at least 4 members (excludes halogenated alkanes) is 1. The summed E-state index contributed by atoms with van der Waals surface area (Å²) in [7, 11) is 0. The lowest BCUT2D eigenvalue weighted by Gasteiger charge is -2.21. The van der Waals surface area contributed by atoms with Gasteiger partial charge in [-0.1, -0.05) is 51.0 Å². The Morgan fingerprint density at radius 3 is 2.48 bits per heavy atom. The summed E-state index contributed by atoms with van der Waals surface area (Å²) in [4.78, 5) is 10.9. The van der Waals surface area contributed by atoms with Crippen molar-refractivity contribution in [1.82, 2.24) is 0 Å². The topological polar surface area (TPSA) is 98.0 Å². The Labute approximate surface area is 162 Å². The van der Waals surface area contributed by atoms with Crippen LogP contribution in [-0.2, 0) is 4.79 Å². The smallest absolute Gasteiger partial charge is 0.306 e. The van der Waals surface area contributed by atoms with Crippen LogP contribution in [-0.4, -0.2) is 44.7 Å². The number of carbonyl (C=O) groups is 1. The predicted octanol–water partition coefficient (Wildman–Crippen LogP) is 3.14. The van der Waals surface area contributed by atoms with Gasteiger partial charge >= 0.3 is 5.97 Å². The standard InChI is InChI=1S/C22H36O5/c1-3-4-7-14(2)19(23)11-10-17-16(20(24)13-21(17)25)9-6-5-8-15-12-18(15)22(26)27/h5-6,10-11,14-21,23-25H,3-4,7-9,12-13H2,1-2H3,(H,26,27)/b6-5-,11-10+/t14-,15-,16-,17-,18-,19-,20+,21-/m1/s1. The number of aliphatic hydroxyl groups is 3. The Kier molecular flexibility index (Phi) is 8.52. The largest absolute Gasteiger partial charge is 0.481 e. The second-order valence-electron chi connectivity index (χ2n) is 8.49. The van der Waals surface area contributed by atoms with Gasteiger partial charge in [0.2, 0.25) is 0 Å². The molecule has 0 saturated heterocycles. The molecule has 5 heteroatoms. The Balaban J connectivity index is 1.84. The highest BCUT2D eigenvalue weighted by Crippen LogP contribution is 2.42. The molecule has 2 saturated carbocycles. The van der Waals surface area contributed by atoms with Gasteiger partial charge in [-0.25, -0.2) is 0 Å². The zero-order chi connectivity index (χ0) is 20.0. The molecule has 0 aromatic heterocycles. The van der Waals surface area contributed by atoms with Crippen LogP contribution in [0.4, 0.5) is 0 Å². The maximum Gasteiger partial charge on any atom is 0.306 e. The van der Waals surface area contributed by atoms with Crippen LogP contribution in [0.25, 0.3) is 0 Å². The summed E-state index contributed by atoms with van der Waals surface area (Å²) in [5, 5.41) is 39.8. The average Bonchev–Trinajstić information content (AvgIpc) is 3.35. The van der Waals surface area contributed by atoms with Gasteiger partial charge in [-0.05, 0) is 43.4 Å². The number of carboxylic acids is 1. The van der Waals surface area contributed by atoms with Crippen molar-refractivity contribution >= 4 is 5.97 Å². The van der Waals surface area contributed by atoms with Gasteiger partial charge < -0.3 is 20.4 Å². The van der Waals surface area contributed by atoms with Crippen molar-refractivity contribution in [1.29, 1.82) is 0 Å². The van der Waals surface area contributed by atoms with Crippen molar-refractivity contribution in [2.24, 2.45) is 29.6 Å². The molecular formula is C22H36O5. The molecule has 154 valence electrons. The van der Waals surface area contributed by atoms with Crippen LogP contribution in [0.15, 0.2) is 24.3 Å². The molecule has 0 aromatic carbocycles. The van der Waals surface area contributed by atoms with Crippen LogP contribution in [0.3, 0.4) is 0 Å². The van der Waals surface area contributed by atoms with Crippen molar-refractivity contribution < 1.29 is 25.2 Å². The summed E-state index contributed by atoms with van der Waals surface area (Å²) in [6.45, 7) is 4.17. The van der Waals surface area contributed by atoms with E-state index in [9.17, 15) is 20.1 Å². The first-order chi connectivity index (χ1) is 12.8. The van der Waals surface area contributed by atoms with Gasteiger partial charge in [-0.3, -0.25) is 4.79 Å². The van der Waals surface area contributed by atoms with E-state index in [4.69, 9.17) is 5.11 Å². The fraction of sp³-hybridized carbons (Fsp3) is 0.773. The first kappa shape index (κ1) is 22.1. The number of rotatable bonds is 11. The van der Waals surface area contributed by atoms with Gasteiger partial charge in [-0.2, -0.15) is 0 Å². The lowest BCUT2D eigenvalue weighted by molar-refractivity contribution is -0.138. The van der Waals surface area contributed by atoms with E-state index in [-0.39, 0.29) is 29.6 Å². The molecule has 0 bridgehead atoms. The summed E-state index contributed by atoms with van der Waals surface area (Å²) >= 11 is 0. The minimum Gasteiger partial charge on any atom is -0.481 e. The SMILES string of the molecule is CCCC[C@@H](C)[C@H](O)/C=C/[C@@H]1[C@@H](C/C=C\C[C@@H]2C[C@H]2C(=O)O)[C@@H](O)C[C@H]1O. The highest BCUT2D eigenvalue weighted by Gasteiger charge is 2.42. The minimum absolute atomic E-state index is 0.0693. The fourth-order valence-corrected chi connectivity index (χ4v) is 4.17. The molecule has 0 amide bonds. The molecular weight excluding hydrogens is 344 g/mol. The Morgan fingerprint density at radius 2 is 1.85 bits per heavy atom. The van der Waals surface area contributed by atoms with Crippen LogP contribution in [0.1, 0.15) is 58.8 Å². The van der Waals surface area contributed by atoms with E-state index in [0.717, 1.165) is 32.1 Å². The summed E-state index contributed by atoms with van der Waals surface area (Å²) in [6, 6.07) is 0. The second-order valence-corrected chi connectivity index (χ2v) is 8.49. The number of carboxylic acid groups (broad SMARTS) is 1. The summed E-state index contributed by atoms with van der Waals surface area (Å²) in [5.74, 6) is -0.706. The highest BCUT2D eigenvalue weighted by atomic mass is 16.4. The van der Waals surface area contributed by atoms with E-state index >= 15 is 0 Å². The quantitative estimate of drug-likeness (QED) is 0.413. The van der Waals surface area contributed by atoms with E-state index in [1.165, 1.54) is 0 Å². The molecule has 0 radical (unpaired) electrons. The molecule has 0 unspecified atom stereocenters. The van der Waals surface area contributed by atoms with Gasteiger partial charge in [0.25, 0.3) is 0 Å². The Bertz CT molecular complexity index is 529. The second kappa shape index (κ2) is 10.4. The van der Waals surface area contributed by atoms with Crippen LogP contribution in [0.5, 0.6) is 0 Å². The normalized spacial score (nSPS) is 35.7. The molecule has 4 N–H and O–H groups in total. The van der Waals surface area contributed by atoms with Crippen molar-refractivity contribution in [2.45, 2.75) is 77.1 Å². The molecule has 8 atom stereocenters. The van der Waals surface area contributed by atoms with Crippen LogP contribution >= 0.6 is 0 Å². The van der Waals surface area contributed by atoms with Crippen LogP contribution in [0, 0.1) is 29.6 Å². The first-order valence-corrected chi connectivity index (χ1v) is 10.4. The zero-order valence-electron chi connectivity index (χ0n) is 16.6. The predicted molar refractivity (Wildman–Crippen MR) is 105 cm³/mol. The van der Waals surface area contributed by atoms with Crippen LogP contribution < -0.4 is 0 Å². The number of aliphatic hydroxyl groups excluding tert-OH is 3. The molecule has 27 heavy (non-hydrogen) atoms. The maximum atomic E-state index is 10.9. The molecule has 2 fully saturated rings. The molecule has 0 aliphatic heterocycles. The van der Waals surface area contributed by atoms with Gasteiger partial charge in [0.05, 0.1) is 24.2 Å². The van der Waals surface area contributed by atoms with Crippen molar-refractivity contribution in [3.63, 3.8) is 0 Å². The minimum atomic E-state index is -0.709. The van der Waals surface area contributed by atoms with Gasteiger partial charge in [0.1, 0.15) is 0 Å². The van der Waals surface area contributed by atoms with Gasteiger partial charge in [0, 0.05) is 12.3 Å². The van der Waals surface area contributed by atoms with Crippen molar-refractivity contribution in [3.8, 4) is 0 Å². The third-order valence-electron chi connectivity index (χ3n) is 6.30. The lowest BCUT2D eigenvalue weighted by Crippen LogP contribution is -2.21. The van der Waals surface area contributed by atoms with E-state index in [1.54, 1.807) is 6.08 Å². The third kappa shape index (κ3) is 6.44. The highest BCUT2D eigenvalue weighted by molar-refractivity contribution is 5.73. The molecule has 2 aliphatic carbocycles. The molecule has 0 aromatic rings. The Morgan fingerprint density at radius 1 is 1.15 bits per heavy atom. The number of allylic oxidation sites excluding steroid dienone is 2. The van der Waals surface area contributed by atoms with Crippen LogP contribution in [0.2, 0.25) is 0 Å². The maximum absolute atomic E-state index is 10.9. The fourth-order valence-electron chi connectivity index (χ4n) is 4.17. The van der Waals surface area contributed by atoms with E-state index in [2.05, 4.69) is 6.92 Å². The van der Waals surface area contributed by atoms with E-state index in [0.29, 0.717) is 12.8 Å². The number of hydrogen-bond donors (Lipinski definition) is 4. The Hall–Kier alpha value is -1.17. The van der Waals surface area contributed by atoms with Gasteiger partial charge in [-0.15, -0.1) is 0 Å². The van der Waals surface area contributed by atoms with E-state index in [1.807, 2.05) is 25.2 Å². The van der Waals surface area contributed by atoms with Crippen molar-refractivity contribution in [3.05, 3.63) is 24.3 Å². The zero-order valence-corrected chi connectivity index (χ0v) is 16.6. The average molecular weight is 381 g/mol. The van der Waals surface area contributed by atoms with Crippen molar-refractivity contribution in [2.75, 3.05) is 0 Å². The number of aliphatic carboxylic acids is 1.